The second kappa shape index (κ2) is 6.68. The third-order valence-corrected chi connectivity index (χ3v) is 4.65. The highest BCUT2D eigenvalue weighted by atomic mass is 32.2. The molecule has 0 saturated heterocycles. The number of hydrogen-bond donors (Lipinski definition) is 2. The molecule has 0 heterocycles. The summed E-state index contributed by atoms with van der Waals surface area (Å²) in [5.41, 5.74) is 0. The summed E-state index contributed by atoms with van der Waals surface area (Å²) in [7, 11) is -0.537. The molecule has 1 aromatic carbocycles. The van der Waals surface area contributed by atoms with E-state index in [0.29, 0.717) is 0 Å². The number of aliphatic hydroxyl groups is 1. The highest BCUT2D eigenvalue weighted by Crippen LogP contribution is 2.08. The Morgan fingerprint density at radius 3 is 2.56 bits per heavy atom. The molecule has 90 valence electrons. The summed E-state index contributed by atoms with van der Waals surface area (Å²) >= 11 is 0. The monoisotopic (exact) mass is 241 g/mol. The van der Waals surface area contributed by atoms with Crippen LogP contribution in [-0.2, 0) is 9.71 Å². The fourth-order valence-corrected chi connectivity index (χ4v) is 3.08. The van der Waals surface area contributed by atoms with Gasteiger partial charge in [0, 0.05) is 11.5 Å². The van der Waals surface area contributed by atoms with Crippen molar-refractivity contribution >= 4 is 15.1 Å². The van der Waals surface area contributed by atoms with Gasteiger partial charge in [-0.3, -0.25) is 0 Å². The van der Waals surface area contributed by atoms with Crippen molar-refractivity contribution in [1.29, 1.82) is 0 Å². The van der Waals surface area contributed by atoms with Crippen LogP contribution in [0.4, 0.5) is 0 Å². The summed E-state index contributed by atoms with van der Waals surface area (Å²) in [6.45, 7) is 0.194. The molecule has 1 unspecified atom stereocenters. The van der Waals surface area contributed by atoms with Crippen molar-refractivity contribution in [3.8, 4) is 0 Å². The van der Waals surface area contributed by atoms with Crippen molar-refractivity contribution < 1.29 is 9.32 Å². The number of unbranched alkanes of at least 4 members (excludes halogenated alkanes) is 2. The molecule has 0 radical (unpaired) electrons. The SMILES string of the molecule is CNS(=O)(=CCCCCO)c1ccccc1. The van der Waals surface area contributed by atoms with Crippen LogP contribution < -0.4 is 4.72 Å². The standard InChI is InChI=1S/C12H19NO2S/c1-13-16(15,11-7-3-6-10-14)12-8-4-2-5-9-12/h2,4-5,8-9,11,14H,3,6-7,10H2,1H3,(H,13,15). The van der Waals surface area contributed by atoms with Crippen LogP contribution in [0, 0.1) is 0 Å². The first-order chi connectivity index (χ1) is 7.73. The van der Waals surface area contributed by atoms with Crippen LogP contribution in [0.5, 0.6) is 0 Å². The zero-order chi connectivity index (χ0) is 11.9. The molecule has 0 spiro atoms. The van der Waals surface area contributed by atoms with E-state index in [4.69, 9.17) is 5.11 Å². The highest BCUT2D eigenvalue weighted by molar-refractivity contribution is 7.99. The minimum atomic E-state index is -2.24. The Hall–Kier alpha value is -0.840. The molecule has 0 aliphatic rings. The summed E-state index contributed by atoms with van der Waals surface area (Å²) < 4.78 is 15.4. The van der Waals surface area contributed by atoms with E-state index in [0.717, 1.165) is 24.2 Å². The van der Waals surface area contributed by atoms with Crippen molar-refractivity contribution in [3.05, 3.63) is 30.3 Å². The number of hydrogen-bond acceptors (Lipinski definition) is 2. The van der Waals surface area contributed by atoms with Gasteiger partial charge in [-0.1, -0.05) is 18.2 Å². The molecule has 2 N–H and O–H groups in total. The topological polar surface area (TPSA) is 49.3 Å². The zero-order valence-corrected chi connectivity index (χ0v) is 10.4. The van der Waals surface area contributed by atoms with Gasteiger partial charge in [0.1, 0.15) is 0 Å². The lowest BCUT2D eigenvalue weighted by atomic mass is 10.3. The van der Waals surface area contributed by atoms with E-state index < -0.39 is 9.71 Å². The smallest absolute Gasteiger partial charge is 0.0560 e. The fourth-order valence-electron chi connectivity index (χ4n) is 1.43. The molecule has 0 amide bonds. The molecule has 1 atom stereocenters. The molecule has 0 bridgehead atoms. The van der Waals surface area contributed by atoms with Crippen LogP contribution in [0.25, 0.3) is 0 Å². The zero-order valence-electron chi connectivity index (χ0n) is 9.56. The first kappa shape index (κ1) is 13.2. The highest BCUT2D eigenvalue weighted by Gasteiger charge is 2.05. The Kier molecular flexibility index (Phi) is 5.52. The molecule has 0 aliphatic heterocycles. The molecule has 3 nitrogen and oxygen atoms in total. The van der Waals surface area contributed by atoms with Crippen molar-refractivity contribution in [2.24, 2.45) is 0 Å². The van der Waals surface area contributed by atoms with Gasteiger partial charge in [-0.15, -0.1) is 0 Å². The van der Waals surface area contributed by atoms with Gasteiger partial charge in [0.25, 0.3) is 0 Å². The molecule has 1 aromatic rings. The summed E-state index contributed by atoms with van der Waals surface area (Å²) in [6.07, 6.45) is 2.36. The Morgan fingerprint density at radius 1 is 1.31 bits per heavy atom. The van der Waals surface area contributed by atoms with E-state index in [-0.39, 0.29) is 6.61 Å². The second-order valence-electron chi connectivity index (χ2n) is 3.50. The van der Waals surface area contributed by atoms with Crippen molar-refractivity contribution in [2.75, 3.05) is 13.7 Å². The number of nitrogens with one attached hydrogen (secondary N) is 1. The van der Waals surface area contributed by atoms with Gasteiger partial charge in [-0.25, -0.2) is 8.93 Å². The van der Waals surface area contributed by atoms with Crippen LogP contribution in [0.1, 0.15) is 19.3 Å². The minimum Gasteiger partial charge on any atom is -0.396 e. The van der Waals surface area contributed by atoms with Crippen molar-refractivity contribution in [2.45, 2.75) is 24.2 Å². The van der Waals surface area contributed by atoms with Crippen molar-refractivity contribution in [3.63, 3.8) is 0 Å². The van der Waals surface area contributed by atoms with E-state index in [9.17, 15) is 4.21 Å². The molecule has 16 heavy (non-hydrogen) atoms. The minimum absolute atomic E-state index is 0.194. The van der Waals surface area contributed by atoms with E-state index in [1.807, 2.05) is 35.7 Å². The van der Waals surface area contributed by atoms with Gasteiger partial charge < -0.3 is 5.11 Å². The molecule has 0 saturated carbocycles. The molecular formula is C12H19NO2S. The first-order valence-corrected chi connectivity index (χ1v) is 7.07. The third kappa shape index (κ3) is 3.63. The predicted octanol–water partition coefficient (Wildman–Crippen LogP) is 1.43. The van der Waals surface area contributed by atoms with E-state index >= 15 is 0 Å². The average molecular weight is 241 g/mol. The number of aliphatic hydroxyl groups excluding tert-OH is 1. The number of rotatable bonds is 6. The first-order valence-electron chi connectivity index (χ1n) is 5.45. The van der Waals surface area contributed by atoms with Gasteiger partial charge in [0.15, 0.2) is 0 Å². The van der Waals surface area contributed by atoms with Crippen LogP contribution in [0.15, 0.2) is 35.2 Å². The van der Waals surface area contributed by atoms with E-state index in [2.05, 4.69) is 4.72 Å². The van der Waals surface area contributed by atoms with E-state index in [1.165, 1.54) is 0 Å². The summed E-state index contributed by atoms with van der Waals surface area (Å²) in [5, 5.41) is 10.5. The normalized spacial score (nSPS) is 14.4. The summed E-state index contributed by atoms with van der Waals surface area (Å²) in [6, 6.07) is 9.40. The lowest BCUT2D eigenvalue weighted by Crippen LogP contribution is -2.21. The fraction of sp³-hybridized carbons (Fsp3) is 0.417. The summed E-state index contributed by atoms with van der Waals surface area (Å²) in [4.78, 5) is 0.807. The molecule has 0 aromatic heterocycles. The quantitative estimate of drug-likeness (QED) is 0.585. The lowest BCUT2D eigenvalue weighted by molar-refractivity contribution is 0.286. The third-order valence-electron chi connectivity index (χ3n) is 2.36. The average Bonchev–Trinajstić information content (AvgIpc) is 2.35. The van der Waals surface area contributed by atoms with Gasteiger partial charge in [-0.2, -0.15) is 0 Å². The van der Waals surface area contributed by atoms with Crippen LogP contribution in [0.2, 0.25) is 0 Å². The van der Waals surface area contributed by atoms with Crippen LogP contribution >= 0.6 is 0 Å². The van der Waals surface area contributed by atoms with Crippen molar-refractivity contribution in [1.82, 2.24) is 4.72 Å². The van der Waals surface area contributed by atoms with Gasteiger partial charge in [-0.05, 0) is 43.8 Å². The maximum atomic E-state index is 12.5. The van der Waals surface area contributed by atoms with Gasteiger partial charge in [0.05, 0.1) is 9.71 Å². The Balaban J connectivity index is 2.82. The van der Waals surface area contributed by atoms with Crippen LogP contribution in [0.3, 0.4) is 0 Å². The maximum absolute atomic E-state index is 12.5. The molecule has 4 heteroatoms. The molecule has 1 rings (SSSR count). The Bertz CT molecular complexity index is 408. The lowest BCUT2D eigenvalue weighted by Gasteiger charge is -2.09. The molecule has 0 aliphatic carbocycles. The Morgan fingerprint density at radius 2 is 2.00 bits per heavy atom. The predicted molar refractivity (Wildman–Crippen MR) is 68.9 cm³/mol. The van der Waals surface area contributed by atoms with Gasteiger partial charge >= 0.3 is 0 Å². The van der Waals surface area contributed by atoms with E-state index in [1.54, 1.807) is 7.05 Å². The Labute approximate surface area is 97.6 Å². The summed E-state index contributed by atoms with van der Waals surface area (Å²) in [5.74, 6) is 0. The second-order valence-corrected chi connectivity index (χ2v) is 5.92. The number of benzene rings is 1. The van der Waals surface area contributed by atoms with Gasteiger partial charge in [0.2, 0.25) is 0 Å². The molecular weight excluding hydrogens is 222 g/mol. The van der Waals surface area contributed by atoms with Crippen LogP contribution in [-0.4, -0.2) is 28.3 Å². The maximum Gasteiger partial charge on any atom is 0.0560 e. The molecule has 0 fully saturated rings. The largest absolute Gasteiger partial charge is 0.396 e.